The van der Waals surface area contributed by atoms with Crippen LogP contribution in [0.25, 0.3) is 0 Å². The molecule has 1 aliphatic heterocycles. The summed E-state index contributed by atoms with van der Waals surface area (Å²) in [6.45, 7) is 2.15. The molecule has 0 radical (unpaired) electrons. The van der Waals surface area contributed by atoms with Gasteiger partial charge in [-0.15, -0.1) is 0 Å². The summed E-state index contributed by atoms with van der Waals surface area (Å²) in [6.07, 6.45) is 0. The molecular formula is C12H19N3O3S. The second kappa shape index (κ2) is 5.87. The van der Waals surface area contributed by atoms with Gasteiger partial charge in [-0.2, -0.15) is 0 Å². The van der Waals surface area contributed by atoms with Crippen LogP contribution in [0.4, 0.5) is 5.69 Å². The number of ether oxygens (including phenoxy) is 1. The summed E-state index contributed by atoms with van der Waals surface area (Å²) in [5.41, 5.74) is 6.41. The first kappa shape index (κ1) is 14.3. The Bertz CT molecular complexity index is 533. The molecule has 0 saturated carbocycles. The highest BCUT2D eigenvalue weighted by Crippen LogP contribution is 2.27. The molecule has 19 heavy (non-hydrogen) atoms. The van der Waals surface area contributed by atoms with E-state index in [2.05, 4.69) is 4.72 Å². The second-order valence-electron chi connectivity index (χ2n) is 4.33. The van der Waals surface area contributed by atoms with Crippen molar-refractivity contribution >= 4 is 15.7 Å². The number of hydrogen-bond donors (Lipinski definition) is 2. The zero-order chi connectivity index (χ0) is 13.9. The van der Waals surface area contributed by atoms with E-state index in [-0.39, 0.29) is 10.9 Å². The Balaban J connectivity index is 2.44. The van der Waals surface area contributed by atoms with Gasteiger partial charge in [0.25, 0.3) is 0 Å². The first-order valence-corrected chi connectivity index (χ1v) is 7.65. The van der Waals surface area contributed by atoms with Gasteiger partial charge in [-0.05, 0) is 19.2 Å². The van der Waals surface area contributed by atoms with Gasteiger partial charge in [-0.1, -0.05) is 12.1 Å². The predicted octanol–water partition coefficient (Wildman–Crippen LogP) is -0.241. The van der Waals surface area contributed by atoms with Crippen molar-refractivity contribution in [2.24, 2.45) is 5.73 Å². The third-order valence-electron chi connectivity index (χ3n) is 3.23. The number of nitrogens with one attached hydrogen (secondary N) is 1. The molecular weight excluding hydrogens is 266 g/mol. The number of hydrogen-bond acceptors (Lipinski definition) is 5. The minimum absolute atomic E-state index is 0.00181. The monoisotopic (exact) mass is 285 g/mol. The Morgan fingerprint density at radius 3 is 2.89 bits per heavy atom. The van der Waals surface area contributed by atoms with Crippen LogP contribution in [0.3, 0.4) is 0 Å². The topological polar surface area (TPSA) is 84.7 Å². The van der Waals surface area contributed by atoms with E-state index in [0.717, 1.165) is 0 Å². The molecule has 1 aliphatic rings. The fourth-order valence-corrected chi connectivity index (χ4v) is 3.14. The minimum atomic E-state index is -3.48. The van der Waals surface area contributed by atoms with E-state index in [4.69, 9.17) is 10.5 Å². The maximum Gasteiger partial charge on any atom is 0.242 e. The number of nitrogens with zero attached hydrogens (tertiary/aromatic N) is 1. The van der Waals surface area contributed by atoms with Gasteiger partial charge in [-0.3, -0.25) is 0 Å². The standard InChI is InChI=1S/C12H19N3O3S/c1-14-19(16,17)12-5-3-2-4-11(12)15-6-7-18-9-10(15)8-13/h2-5,10,14H,6-9,13H2,1H3. The summed E-state index contributed by atoms with van der Waals surface area (Å²) < 4.78 is 31.9. The summed E-state index contributed by atoms with van der Waals surface area (Å²) in [4.78, 5) is 2.28. The molecule has 0 bridgehead atoms. The summed E-state index contributed by atoms with van der Waals surface area (Å²) in [5, 5.41) is 0. The van der Waals surface area contributed by atoms with Crippen molar-refractivity contribution in [1.29, 1.82) is 0 Å². The fourth-order valence-electron chi connectivity index (χ4n) is 2.20. The van der Waals surface area contributed by atoms with E-state index < -0.39 is 10.0 Å². The Morgan fingerprint density at radius 2 is 2.21 bits per heavy atom. The lowest BCUT2D eigenvalue weighted by Gasteiger charge is -2.37. The molecule has 3 N–H and O–H groups in total. The molecule has 1 fully saturated rings. The van der Waals surface area contributed by atoms with Crippen molar-refractivity contribution in [3.63, 3.8) is 0 Å². The predicted molar refractivity (Wildman–Crippen MR) is 73.7 cm³/mol. The third-order valence-corrected chi connectivity index (χ3v) is 4.69. The molecule has 7 heteroatoms. The molecule has 1 saturated heterocycles. The van der Waals surface area contributed by atoms with Crippen LogP contribution in [0.1, 0.15) is 0 Å². The zero-order valence-electron chi connectivity index (χ0n) is 10.9. The van der Waals surface area contributed by atoms with Gasteiger partial charge in [0.2, 0.25) is 10.0 Å². The number of para-hydroxylation sites is 1. The highest BCUT2D eigenvalue weighted by molar-refractivity contribution is 7.89. The van der Waals surface area contributed by atoms with Gasteiger partial charge >= 0.3 is 0 Å². The third kappa shape index (κ3) is 2.89. The van der Waals surface area contributed by atoms with Gasteiger partial charge in [0.05, 0.1) is 24.9 Å². The zero-order valence-corrected chi connectivity index (χ0v) is 11.7. The molecule has 1 atom stereocenters. The highest BCUT2D eigenvalue weighted by Gasteiger charge is 2.27. The molecule has 0 aliphatic carbocycles. The molecule has 1 aromatic carbocycles. The van der Waals surface area contributed by atoms with Crippen molar-refractivity contribution in [2.45, 2.75) is 10.9 Å². The number of sulfonamides is 1. The molecule has 0 spiro atoms. The van der Waals surface area contributed by atoms with Crippen molar-refractivity contribution in [3.05, 3.63) is 24.3 Å². The summed E-state index contributed by atoms with van der Waals surface area (Å²) in [7, 11) is -2.07. The van der Waals surface area contributed by atoms with Crippen molar-refractivity contribution in [1.82, 2.24) is 4.72 Å². The van der Waals surface area contributed by atoms with Crippen molar-refractivity contribution in [2.75, 3.05) is 38.3 Å². The van der Waals surface area contributed by atoms with Gasteiger partial charge in [0.1, 0.15) is 4.90 Å². The number of nitrogens with two attached hydrogens (primary N) is 1. The van der Waals surface area contributed by atoms with Crippen LogP contribution in [-0.2, 0) is 14.8 Å². The quantitative estimate of drug-likeness (QED) is 0.797. The minimum Gasteiger partial charge on any atom is -0.377 e. The van der Waals surface area contributed by atoms with Crippen molar-refractivity contribution < 1.29 is 13.2 Å². The molecule has 106 valence electrons. The van der Waals surface area contributed by atoms with E-state index in [1.165, 1.54) is 7.05 Å². The molecule has 1 heterocycles. The van der Waals surface area contributed by atoms with Crippen LogP contribution < -0.4 is 15.4 Å². The van der Waals surface area contributed by atoms with Crippen LogP contribution in [0.5, 0.6) is 0 Å². The van der Waals surface area contributed by atoms with E-state index in [1.807, 2.05) is 11.0 Å². The Labute approximate surface area is 113 Å². The summed E-state index contributed by atoms with van der Waals surface area (Å²) in [5.74, 6) is 0. The largest absolute Gasteiger partial charge is 0.377 e. The Morgan fingerprint density at radius 1 is 1.47 bits per heavy atom. The first-order chi connectivity index (χ1) is 9.10. The number of benzene rings is 1. The smallest absolute Gasteiger partial charge is 0.242 e. The molecule has 1 aromatic rings. The van der Waals surface area contributed by atoms with Crippen LogP contribution in [0, 0.1) is 0 Å². The molecule has 0 aromatic heterocycles. The van der Waals surface area contributed by atoms with Crippen LogP contribution in [0.15, 0.2) is 29.2 Å². The molecule has 2 rings (SSSR count). The lowest BCUT2D eigenvalue weighted by Crippen LogP contribution is -2.50. The van der Waals surface area contributed by atoms with Crippen LogP contribution in [0.2, 0.25) is 0 Å². The normalized spacial score (nSPS) is 20.5. The summed E-state index contributed by atoms with van der Waals surface area (Å²) in [6, 6.07) is 6.95. The lowest BCUT2D eigenvalue weighted by molar-refractivity contribution is 0.0960. The van der Waals surface area contributed by atoms with Crippen LogP contribution >= 0.6 is 0 Å². The Hall–Kier alpha value is -1.15. The average Bonchev–Trinajstić information content (AvgIpc) is 2.47. The first-order valence-electron chi connectivity index (χ1n) is 6.17. The lowest BCUT2D eigenvalue weighted by atomic mass is 10.2. The maximum atomic E-state index is 12.1. The van der Waals surface area contributed by atoms with E-state index in [0.29, 0.717) is 32.0 Å². The van der Waals surface area contributed by atoms with E-state index >= 15 is 0 Å². The van der Waals surface area contributed by atoms with Gasteiger partial charge in [0, 0.05) is 13.1 Å². The highest BCUT2D eigenvalue weighted by atomic mass is 32.2. The average molecular weight is 285 g/mol. The van der Waals surface area contributed by atoms with E-state index in [9.17, 15) is 8.42 Å². The number of rotatable bonds is 4. The maximum absolute atomic E-state index is 12.1. The number of anilines is 1. The van der Waals surface area contributed by atoms with Crippen LogP contribution in [-0.4, -0.2) is 47.8 Å². The fraction of sp³-hybridized carbons (Fsp3) is 0.500. The Kier molecular flexibility index (Phi) is 4.41. The van der Waals surface area contributed by atoms with Gasteiger partial charge in [0.15, 0.2) is 0 Å². The molecule has 6 nitrogen and oxygen atoms in total. The second-order valence-corrected chi connectivity index (χ2v) is 6.19. The van der Waals surface area contributed by atoms with E-state index in [1.54, 1.807) is 18.2 Å². The molecule has 1 unspecified atom stereocenters. The SMILES string of the molecule is CNS(=O)(=O)c1ccccc1N1CCOCC1CN. The summed E-state index contributed by atoms with van der Waals surface area (Å²) >= 11 is 0. The van der Waals surface area contributed by atoms with Gasteiger partial charge < -0.3 is 15.4 Å². The number of morpholine rings is 1. The van der Waals surface area contributed by atoms with Gasteiger partial charge in [-0.25, -0.2) is 13.1 Å². The van der Waals surface area contributed by atoms with Crippen molar-refractivity contribution in [3.8, 4) is 0 Å². The molecule has 0 amide bonds.